The van der Waals surface area contributed by atoms with Crippen molar-refractivity contribution >= 4 is 28.7 Å². The van der Waals surface area contributed by atoms with Gasteiger partial charge in [0.1, 0.15) is 11.6 Å². The minimum atomic E-state index is -0.738. The number of rotatable bonds is 3. The van der Waals surface area contributed by atoms with E-state index in [1.807, 2.05) is 17.0 Å². The lowest BCUT2D eigenvalue weighted by Crippen LogP contribution is -2.45. The molecule has 0 radical (unpaired) electrons. The summed E-state index contributed by atoms with van der Waals surface area (Å²) in [7, 11) is 0. The summed E-state index contributed by atoms with van der Waals surface area (Å²) in [6.07, 6.45) is 4.75. The molecule has 2 saturated heterocycles. The predicted molar refractivity (Wildman–Crippen MR) is 117 cm³/mol. The number of morpholine rings is 1. The van der Waals surface area contributed by atoms with Gasteiger partial charge in [0.15, 0.2) is 0 Å². The number of nitrogens with zero attached hydrogens (tertiary/aromatic N) is 4. The number of carbonyl (C=O) groups is 2. The zero-order valence-corrected chi connectivity index (χ0v) is 17.8. The lowest BCUT2D eigenvalue weighted by atomic mass is 10.0. The zero-order valence-electron chi connectivity index (χ0n) is 17.8. The van der Waals surface area contributed by atoms with Gasteiger partial charge in [-0.1, -0.05) is 0 Å². The fourth-order valence-electron chi connectivity index (χ4n) is 4.50. The lowest BCUT2D eigenvalue weighted by molar-refractivity contribution is -0.145. The van der Waals surface area contributed by atoms with E-state index in [4.69, 9.17) is 4.74 Å². The fraction of sp³-hybridized carbons (Fsp3) is 0.348. The van der Waals surface area contributed by atoms with Gasteiger partial charge < -0.3 is 19.9 Å². The van der Waals surface area contributed by atoms with Gasteiger partial charge in [-0.25, -0.2) is 13.3 Å². The van der Waals surface area contributed by atoms with Crippen LogP contribution >= 0.6 is 0 Å². The van der Waals surface area contributed by atoms with Crippen LogP contribution in [0.2, 0.25) is 0 Å². The number of anilines is 2. The number of fused-ring (bicyclic) bond motifs is 1. The van der Waals surface area contributed by atoms with Crippen molar-refractivity contribution in [2.45, 2.75) is 18.9 Å². The Kier molecular flexibility index (Phi) is 5.67. The van der Waals surface area contributed by atoms with Crippen molar-refractivity contribution in [3.8, 4) is 0 Å². The van der Waals surface area contributed by atoms with Crippen LogP contribution in [0.15, 0.2) is 42.7 Å². The molecule has 0 aliphatic carbocycles. The Labute approximate surface area is 188 Å². The van der Waals surface area contributed by atoms with E-state index in [0.29, 0.717) is 56.0 Å². The Morgan fingerprint density at radius 2 is 1.91 bits per heavy atom. The second-order valence-electron chi connectivity index (χ2n) is 8.15. The lowest BCUT2D eigenvalue weighted by Gasteiger charge is -2.27. The van der Waals surface area contributed by atoms with Crippen LogP contribution in [-0.4, -0.2) is 59.2 Å². The number of hydrogen-bond acceptors (Lipinski definition) is 5. The molecule has 0 spiro atoms. The third-order valence-corrected chi connectivity index (χ3v) is 6.15. The third kappa shape index (κ3) is 4.13. The van der Waals surface area contributed by atoms with Crippen molar-refractivity contribution in [2.24, 2.45) is 0 Å². The van der Waals surface area contributed by atoms with Crippen LogP contribution in [0.1, 0.15) is 24.4 Å². The first kappa shape index (κ1) is 21.3. The van der Waals surface area contributed by atoms with E-state index >= 15 is 0 Å². The average molecular weight is 455 g/mol. The van der Waals surface area contributed by atoms with Crippen LogP contribution in [0.4, 0.5) is 20.2 Å². The summed E-state index contributed by atoms with van der Waals surface area (Å²) in [4.78, 5) is 28.5. The van der Waals surface area contributed by atoms with Gasteiger partial charge in [-0.2, -0.15) is 5.10 Å². The predicted octanol–water partition coefficient (Wildman–Crippen LogP) is 2.75. The summed E-state index contributed by atoms with van der Waals surface area (Å²) < 4.78 is 35.1. The summed E-state index contributed by atoms with van der Waals surface area (Å²) in [5.41, 5.74) is 2.12. The molecule has 0 bridgehead atoms. The summed E-state index contributed by atoms with van der Waals surface area (Å²) in [5.74, 6) is -2.26. The molecule has 3 aromatic rings. The maximum absolute atomic E-state index is 14.5. The molecule has 1 N–H and O–H groups in total. The second kappa shape index (κ2) is 8.78. The molecule has 0 unspecified atom stereocenters. The maximum Gasteiger partial charge on any atom is 0.314 e. The Morgan fingerprint density at radius 1 is 1.09 bits per heavy atom. The van der Waals surface area contributed by atoms with Crippen molar-refractivity contribution in [3.63, 3.8) is 0 Å². The smallest absolute Gasteiger partial charge is 0.314 e. The van der Waals surface area contributed by atoms with E-state index < -0.39 is 23.4 Å². The van der Waals surface area contributed by atoms with E-state index in [9.17, 15) is 18.4 Å². The molecule has 1 aromatic carbocycles. The molecule has 0 saturated carbocycles. The SMILES string of the molecule is O=C(Nc1cnn2ccc(N3CCC[C@@H]3c3cc(F)ccc3F)cc12)C(=O)N1CCOCC1. The van der Waals surface area contributed by atoms with E-state index in [0.717, 1.165) is 24.2 Å². The van der Waals surface area contributed by atoms with Crippen LogP contribution in [0.5, 0.6) is 0 Å². The quantitative estimate of drug-likeness (QED) is 0.615. The number of aromatic nitrogens is 2. The highest BCUT2D eigenvalue weighted by molar-refractivity contribution is 6.39. The van der Waals surface area contributed by atoms with E-state index in [2.05, 4.69) is 10.4 Å². The molecule has 2 aliphatic rings. The van der Waals surface area contributed by atoms with Crippen molar-refractivity contribution in [1.82, 2.24) is 14.5 Å². The molecular formula is C23H23F2N5O3. The Bertz CT molecular complexity index is 1210. The van der Waals surface area contributed by atoms with Crippen molar-refractivity contribution < 1.29 is 23.1 Å². The van der Waals surface area contributed by atoms with Crippen LogP contribution in [-0.2, 0) is 14.3 Å². The first-order valence-electron chi connectivity index (χ1n) is 10.9. The highest BCUT2D eigenvalue weighted by Crippen LogP contribution is 2.38. The molecule has 172 valence electrons. The minimum absolute atomic E-state index is 0.299. The number of pyridine rings is 1. The van der Waals surface area contributed by atoms with Gasteiger partial charge in [-0.15, -0.1) is 0 Å². The number of nitrogens with one attached hydrogen (secondary N) is 1. The van der Waals surface area contributed by atoms with E-state index in [-0.39, 0.29) is 6.04 Å². The molecule has 2 aliphatic heterocycles. The Balaban J connectivity index is 1.40. The Hall–Kier alpha value is -3.53. The summed E-state index contributed by atoms with van der Waals surface area (Å²) >= 11 is 0. The van der Waals surface area contributed by atoms with Crippen LogP contribution in [0.25, 0.3) is 5.52 Å². The third-order valence-electron chi connectivity index (χ3n) is 6.15. The minimum Gasteiger partial charge on any atom is -0.378 e. The topological polar surface area (TPSA) is 79.2 Å². The Morgan fingerprint density at radius 3 is 2.73 bits per heavy atom. The zero-order chi connectivity index (χ0) is 22.9. The molecule has 2 fully saturated rings. The standard InChI is InChI=1S/C23H23F2N5O3/c24-15-3-4-18(25)17(12-15)20-2-1-6-29(20)16-5-7-30-21(13-16)19(14-26-30)27-22(31)23(32)28-8-10-33-11-9-28/h3-5,7,12-14,20H,1-2,6,8-11H2,(H,27,31)/t20-/m1/s1. The number of benzene rings is 1. The van der Waals surface area contributed by atoms with Crippen LogP contribution in [0, 0.1) is 11.6 Å². The molecule has 33 heavy (non-hydrogen) atoms. The van der Waals surface area contributed by atoms with Gasteiger partial charge in [0.05, 0.1) is 36.7 Å². The van der Waals surface area contributed by atoms with Gasteiger partial charge in [-0.3, -0.25) is 9.59 Å². The van der Waals surface area contributed by atoms with E-state index in [1.165, 1.54) is 17.2 Å². The molecule has 8 nitrogen and oxygen atoms in total. The number of ether oxygens (including phenoxy) is 1. The van der Waals surface area contributed by atoms with Gasteiger partial charge in [0.25, 0.3) is 0 Å². The number of amides is 2. The summed E-state index contributed by atoms with van der Waals surface area (Å²) in [6.45, 7) is 2.24. The first-order chi connectivity index (χ1) is 16.0. The molecule has 2 aromatic heterocycles. The van der Waals surface area contributed by atoms with Gasteiger partial charge in [0.2, 0.25) is 0 Å². The molecule has 4 heterocycles. The van der Waals surface area contributed by atoms with Gasteiger partial charge in [0, 0.05) is 37.1 Å². The summed E-state index contributed by atoms with van der Waals surface area (Å²) in [6, 6.07) is 6.90. The monoisotopic (exact) mass is 455 g/mol. The van der Waals surface area contributed by atoms with Crippen molar-refractivity contribution in [3.05, 3.63) is 59.9 Å². The van der Waals surface area contributed by atoms with E-state index in [1.54, 1.807) is 10.7 Å². The largest absolute Gasteiger partial charge is 0.378 e. The second-order valence-corrected chi connectivity index (χ2v) is 8.15. The number of carbonyl (C=O) groups excluding carboxylic acids is 2. The highest BCUT2D eigenvalue weighted by atomic mass is 19.1. The molecule has 1 atom stereocenters. The fourth-order valence-corrected chi connectivity index (χ4v) is 4.50. The molecule has 2 amide bonds. The highest BCUT2D eigenvalue weighted by Gasteiger charge is 2.29. The van der Waals surface area contributed by atoms with Crippen LogP contribution in [0.3, 0.4) is 0 Å². The van der Waals surface area contributed by atoms with Gasteiger partial charge in [-0.05, 0) is 43.2 Å². The molecular weight excluding hydrogens is 432 g/mol. The average Bonchev–Trinajstić information content (AvgIpc) is 3.48. The first-order valence-corrected chi connectivity index (χ1v) is 10.9. The maximum atomic E-state index is 14.5. The number of halogens is 2. The van der Waals surface area contributed by atoms with Crippen LogP contribution < -0.4 is 10.2 Å². The van der Waals surface area contributed by atoms with Gasteiger partial charge >= 0.3 is 11.8 Å². The molecule has 5 rings (SSSR count). The number of hydrogen-bond donors (Lipinski definition) is 1. The molecule has 10 heteroatoms. The van der Waals surface area contributed by atoms with Crippen molar-refractivity contribution in [1.29, 1.82) is 0 Å². The normalized spacial score (nSPS) is 18.7. The van der Waals surface area contributed by atoms with Crippen molar-refractivity contribution in [2.75, 3.05) is 43.1 Å². The summed E-state index contributed by atoms with van der Waals surface area (Å²) in [5, 5.41) is 6.90.